The average molecular weight is 1230 g/mol. The molecule has 3 atom stereocenters. The Balaban J connectivity index is 0.660. The van der Waals surface area contributed by atoms with Gasteiger partial charge in [0.2, 0.25) is 17.7 Å². The quantitative estimate of drug-likeness (QED) is 0.0282. The first-order valence-electron chi connectivity index (χ1n) is 30.1. The van der Waals surface area contributed by atoms with Gasteiger partial charge in [0.05, 0.1) is 75.5 Å². The molecule has 18 nitrogen and oxygen atoms in total. The average Bonchev–Trinajstić information content (AvgIpc) is 4.23. The molecule has 2 fully saturated rings. The fraction of sp³-hybridized carbons (Fsp3) is 0.562. The number of rotatable bonds is 34. The maximum Gasteiger partial charge on any atom is 0.246 e. The Bertz CT molecular complexity index is 2980. The van der Waals surface area contributed by atoms with Crippen molar-refractivity contribution in [2.24, 2.45) is 5.41 Å². The number of nitriles is 1. The van der Waals surface area contributed by atoms with Crippen LogP contribution in [0.4, 0.5) is 11.4 Å². The van der Waals surface area contributed by atoms with Crippen LogP contribution >= 0.6 is 34.5 Å². The van der Waals surface area contributed by atoms with Crippen LogP contribution in [0.1, 0.15) is 121 Å². The van der Waals surface area contributed by atoms with E-state index in [1.54, 1.807) is 30.6 Å². The van der Waals surface area contributed by atoms with Crippen LogP contribution in [-0.2, 0) is 30.4 Å². The third-order valence-electron chi connectivity index (χ3n) is 15.6. The third kappa shape index (κ3) is 20.1. The van der Waals surface area contributed by atoms with Crippen LogP contribution in [0.25, 0.3) is 21.3 Å². The van der Waals surface area contributed by atoms with Gasteiger partial charge in [0.25, 0.3) is 0 Å². The summed E-state index contributed by atoms with van der Waals surface area (Å²) in [7, 11) is 3.12. The Kier molecular flexibility index (Phi) is 26.6. The first-order valence-corrected chi connectivity index (χ1v) is 31.7. The molecule has 7 rings (SSSR count). The molecule has 0 bridgehead atoms. The number of aryl methyl sites for hydroxylation is 1. The molecule has 5 aromatic rings. The summed E-state index contributed by atoms with van der Waals surface area (Å²) < 4.78 is 29.2. The van der Waals surface area contributed by atoms with Crippen molar-refractivity contribution in [3.63, 3.8) is 0 Å². The molecule has 85 heavy (non-hydrogen) atoms. The van der Waals surface area contributed by atoms with Gasteiger partial charge in [0.15, 0.2) is 11.5 Å². The number of aromatic nitrogens is 2. The summed E-state index contributed by atoms with van der Waals surface area (Å²) in [6, 6.07) is 15.4. The van der Waals surface area contributed by atoms with E-state index in [0.29, 0.717) is 81.4 Å². The number of aliphatic hydroxyl groups excluding tert-OH is 1. The number of nitrogens with one attached hydrogen (secondary N) is 3. The van der Waals surface area contributed by atoms with Gasteiger partial charge < -0.3 is 59.4 Å². The number of piperazine rings is 1. The lowest BCUT2D eigenvalue weighted by Crippen LogP contribution is -2.57. The molecule has 1 unspecified atom stereocenters. The number of carbonyl (C=O) groups is 3. The van der Waals surface area contributed by atoms with Gasteiger partial charge in [-0.3, -0.25) is 19.4 Å². The fourth-order valence-corrected chi connectivity index (χ4v) is 12.0. The van der Waals surface area contributed by atoms with Crippen molar-refractivity contribution in [3.05, 3.63) is 87.1 Å². The maximum atomic E-state index is 14.0. The van der Waals surface area contributed by atoms with E-state index in [-0.39, 0.29) is 43.7 Å². The number of hydrogen-bond acceptors (Lipinski definition) is 16. The number of methoxy groups -OCH3 is 2. The minimum absolute atomic E-state index is 0.0335. The second-order valence-electron chi connectivity index (χ2n) is 23.1. The number of thiazole rings is 1. The van der Waals surface area contributed by atoms with Crippen molar-refractivity contribution in [2.45, 2.75) is 136 Å². The van der Waals surface area contributed by atoms with Crippen LogP contribution in [0.3, 0.4) is 0 Å². The molecule has 462 valence electrons. The smallest absolute Gasteiger partial charge is 0.246 e. The largest absolute Gasteiger partial charge is 0.495 e. The summed E-state index contributed by atoms with van der Waals surface area (Å²) in [6.45, 7) is 17.8. The lowest BCUT2D eigenvalue weighted by molar-refractivity contribution is -0.144. The SMILES string of the molecule is COc1cc(Nc2c(C#N)cnc3cc(OCCCN4CCN(CCCCCCOCCCCCOCCCCCC(=O)NC(C(=O)N5C[C@H](O)C[C@H]5C(=O)NCc5ccc(-c6scnc6C)cc5)C(C)(C)C)CC4)c(OC)cc23)c(Cl)cc1Cl. The molecule has 2 aromatic heterocycles. The van der Waals surface area contributed by atoms with Crippen LogP contribution in [0.2, 0.25) is 10.0 Å². The number of β-amino-alcohol motifs (C(OH)–C–C–N with tert-alkyl or cyclic N) is 1. The predicted molar refractivity (Wildman–Crippen MR) is 336 cm³/mol. The molecule has 3 amide bonds. The number of ether oxygens (including phenoxy) is 5. The first-order chi connectivity index (χ1) is 41.1. The minimum Gasteiger partial charge on any atom is -0.495 e. The molecule has 4 heterocycles. The predicted octanol–water partition coefficient (Wildman–Crippen LogP) is 11.1. The molecule has 2 aliphatic heterocycles. The second-order valence-corrected chi connectivity index (χ2v) is 24.8. The summed E-state index contributed by atoms with van der Waals surface area (Å²) in [5.41, 5.74) is 6.21. The number of fused-ring (bicyclic) bond motifs is 1. The minimum atomic E-state index is -0.852. The van der Waals surface area contributed by atoms with Crippen LogP contribution in [-0.4, -0.2) is 159 Å². The van der Waals surface area contributed by atoms with E-state index in [1.165, 1.54) is 37.5 Å². The Morgan fingerprint density at radius 3 is 2.05 bits per heavy atom. The Morgan fingerprint density at radius 1 is 0.788 bits per heavy atom. The number of halogens is 2. The number of unbranched alkanes of at least 4 members (excludes halogenated alkanes) is 7. The van der Waals surface area contributed by atoms with E-state index in [2.05, 4.69) is 41.8 Å². The number of nitrogens with zero attached hydrogens (tertiary/aromatic N) is 6. The van der Waals surface area contributed by atoms with Crippen LogP contribution in [0.5, 0.6) is 17.2 Å². The van der Waals surface area contributed by atoms with Gasteiger partial charge in [-0.25, -0.2) is 4.98 Å². The van der Waals surface area contributed by atoms with Gasteiger partial charge in [0, 0.05) is 109 Å². The van der Waals surface area contributed by atoms with Crippen molar-refractivity contribution in [1.82, 2.24) is 35.3 Å². The van der Waals surface area contributed by atoms with Crippen molar-refractivity contribution in [3.8, 4) is 33.8 Å². The summed E-state index contributed by atoms with van der Waals surface area (Å²) in [5, 5.41) is 31.2. The molecule has 2 saturated heterocycles. The Morgan fingerprint density at radius 2 is 1.42 bits per heavy atom. The number of pyridine rings is 1. The molecule has 0 radical (unpaired) electrons. The standard InChI is InChI=1S/C64H87Cl2N9O9S/c1-44-60(85-43-70-44)46-21-19-45(20-22-46)40-69-62(78)54-34-48(76)42-75(54)63(79)61(64(2,3)4)72-58(77)18-11-9-14-30-83-32-16-10-15-31-82-29-13-8-7-12-23-73-25-27-74(28-26-73)24-17-33-84-57-37-52-49(35-56(57)81-6)59(47(39-67)41-68-52)71-53-38-55(80-5)51(66)36-50(53)65/h19-22,35-38,41,43,48,54,61,76H,7-18,23-34,40,42H2,1-6H3,(H,68,71)(H,69,78)(H,72,77)/t48-,54+,61?/m1/s1. The first kappa shape index (κ1) is 66.7. The van der Waals surface area contributed by atoms with E-state index in [4.69, 9.17) is 46.9 Å². The maximum absolute atomic E-state index is 14.0. The summed E-state index contributed by atoms with van der Waals surface area (Å²) >= 11 is 14.4. The van der Waals surface area contributed by atoms with Gasteiger partial charge in [-0.1, -0.05) is 87.5 Å². The summed E-state index contributed by atoms with van der Waals surface area (Å²) in [5.74, 6) is 0.677. The lowest BCUT2D eigenvalue weighted by Gasteiger charge is -2.35. The Labute approximate surface area is 516 Å². The second kappa shape index (κ2) is 33.9. The summed E-state index contributed by atoms with van der Waals surface area (Å²) in [4.78, 5) is 57.1. The number of benzene rings is 3. The number of anilines is 2. The molecular weight excluding hydrogens is 1140 g/mol. The fourth-order valence-electron chi connectivity index (χ4n) is 10.7. The zero-order valence-corrected chi connectivity index (χ0v) is 52.8. The monoisotopic (exact) mass is 1230 g/mol. The van der Waals surface area contributed by atoms with E-state index in [1.807, 2.05) is 69.6 Å². The zero-order chi connectivity index (χ0) is 60.7. The van der Waals surface area contributed by atoms with Crippen molar-refractivity contribution >= 4 is 74.5 Å². The number of likely N-dealkylation sites (tertiary alicyclic amines) is 1. The van der Waals surface area contributed by atoms with Crippen LogP contribution in [0, 0.1) is 23.7 Å². The van der Waals surface area contributed by atoms with E-state index in [0.717, 1.165) is 119 Å². The normalized spacial score (nSPS) is 16.1. The van der Waals surface area contributed by atoms with Crippen molar-refractivity contribution < 1.29 is 43.2 Å². The highest BCUT2D eigenvalue weighted by molar-refractivity contribution is 7.13. The van der Waals surface area contributed by atoms with Gasteiger partial charge in [-0.2, -0.15) is 5.26 Å². The highest BCUT2D eigenvalue weighted by atomic mass is 35.5. The zero-order valence-electron chi connectivity index (χ0n) is 50.5. The van der Waals surface area contributed by atoms with Crippen molar-refractivity contribution in [2.75, 3.05) is 98.4 Å². The topological polar surface area (TPSA) is 213 Å². The molecule has 0 aliphatic carbocycles. The molecule has 3 aromatic carbocycles. The molecule has 4 N–H and O–H groups in total. The lowest BCUT2D eigenvalue weighted by atomic mass is 9.85. The van der Waals surface area contributed by atoms with E-state index >= 15 is 0 Å². The van der Waals surface area contributed by atoms with Gasteiger partial charge in [0.1, 0.15) is 23.9 Å². The molecule has 0 spiro atoms. The highest BCUT2D eigenvalue weighted by Gasteiger charge is 2.44. The molecule has 0 saturated carbocycles. The van der Waals surface area contributed by atoms with Crippen LogP contribution < -0.4 is 30.2 Å². The summed E-state index contributed by atoms with van der Waals surface area (Å²) in [6.07, 6.45) is 12.1. The van der Waals surface area contributed by atoms with Gasteiger partial charge in [-0.15, -0.1) is 11.3 Å². The molecular formula is C64H87Cl2N9O9S. The van der Waals surface area contributed by atoms with E-state index in [9.17, 15) is 24.8 Å². The molecule has 2 aliphatic rings. The highest BCUT2D eigenvalue weighted by Crippen LogP contribution is 2.41. The number of hydrogen-bond donors (Lipinski definition) is 4. The number of carbonyl (C=O) groups excluding carboxylic acids is 3. The van der Waals surface area contributed by atoms with Gasteiger partial charge in [-0.05, 0) is 93.5 Å². The van der Waals surface area contributed by atoms with Crippen LogP contribution in [0.15, 0.2) is 60.2 Å². The van der Waals surface area contributed by atoms with Crippen molar-refractivity contribution in [1.29, 1.82) is 5.26 Å². The van der Waals surface area contributed by atoms with Gasteiger partial charge >= 0.3 is 0 Å². The third-order valence-corrected chi connectivity index (χ3v) is 17.2. The van der Waals surface area contributed by atoms with E-state index < -0.39 is 23.6 Å². The number of aliphatic hydroxyl groups is 1. The number of amides is 3. The molecule has 21 heteroatoms. The Hall–Kier alpha value is -5.82.